The molecule has 2 aliphatic rings. The van der Waals surface area contributed by atoms with E-state index in [0.717, 1.165) is 12.8 Å². The molecule has 35 heavy (non-hydrogen) atoms. The van der Waals surface area contributed by atoms with E-state index in [1.807, 2.05) is 23.9 Å². The fraction of sp³-hybridized carbons (Fsp3) is 0.478. The van der Waals surface area contributed by atoms with E-state index >= 15 is 4.39 Å². The molecular formula is C23H29ClFN9O. The van der Waals surface area contributed by atoms with E-state index in [4.69, 9.17) is 23.1 Å². The quantitative estimate of drug-likeness (QED) is 0.444. The third kappa shape index (κ3) is 4.51. The van der Waals surface area contributed by atoms with E-state index in [-0.39, 0.29) is 35.9 Å². The molecule has 1 aliphatic carbocycles. The van der Waals surface area contributed by atoms with Gasteiger partial charge in [-0.05, 0) is 39.4 Å². The average Bonchev–Trinajstić information content (AvgIpc) is 3.37. The van der Waals surface area contributed by atoms with Crippen molar-refractivity contribution in [2.24, 2.45) is 5.73 Å². The maximum atomic E-state index is 15.3. The average molecular weight is 502 g/mol. The zero-order valence-corrected chi connectivity index (χ0v) is 20.5. The van der Waals surface area contributed by atoms with Crippen molar-refractivity contribution in [3.63, 3.8) is 0 Å². The number of halogens is 2. The highest BCUT2D eigenvalue weighted by Gasteiger charge is 2.44. The van der Waals surface area contributed by atoms with Gasteiger partial charge in [-0.3, -0.25) is 4.79 Å². The molecule has 186 valence electrons. The second-order valence-electron chi connectivity index (χ2n) is 9.76. The predicted octanol–water partition coefficient (Wildman–Crippen LogP) is 1.50. The van der Waals surface area contributed by atoms with Crippen LogP contribution in [0.3, 0.4) is 0 Å². The number of rotatable bonds is 7. The molecule has 2 fully saturated rings. The van der Waals surface area contributed by atoms with Gasteiger partial charge in [0.25, 0.3) is 0 Å². The van der Waals surface area contributed by atoms with Gasteiger partial charge in [0.2, 0.25) is 5.91 Å². The normalized spacial score (nSPS) is 20.2. The van der Waals surface area contributed by atoms with Crippen LogP contribution in [0.25, 0.3) is 11.2 Å². The third-order valence-corrected chi connectivity index (χ3v) is 6.92. The van der Waals surface area contributed by atoms with E-state index in [2.05, 4.69) is 20.3 Å². The molecule has 3 aromatic rings. The zero-order chi connectivity index (χ0) is 24.9. The van der Waals surface area contributed by atoms with Gasteiger partial charge in [-0.2, -0.15) is 0 Å². The summed E-state index contributed by atoms with van der Waals surface area (Å²) >= 11 is 6.67. The van der Waals surface area contributed by atoms with Crippen LogP contribution in [0, 0.1) is 5.82 Å². The summed E-state index contributed by atoms with van der Waals surface area (Å²) in [4.78, 5) is 29.4. The van der Waals surface area contributed by atoms with E-state index in [9.17, 15) is 4.79 Å². The molecule has 3 heterocycles. The Hall–Kier alpha value is -3.02. The largest absolute Gasteiger partial charge is 0.382 e. The molecule has 1 unspecified atom stereocenters. The lowest BCUT2D eigenvalue weighted by Crippen LogP contribution is -2.56. The number of nitrogens with zero attached hydrogens (tertiary/aromatic N) is 6. The zero-order valence-electron chi connectivity index (χ0n) is 19.8. The number of nitrogens with one attached hydrogen (secondary N) is 1. The van der Waals surface area contributed by atoms with Gasteiger partial charge < -0.3 is 31.2 Å². The standard InChI is InChI=1S/C23H29ClFN9O/c1-32(2)8-14-15(9-34-12-30-18-20(26)28-11-29-21(18)34)19(16(24)7-17(14)25)33-6-5-23(27,10-33)22(35)31-13-3-4-13/h7,11-13H,3-6,8-10,27H2,1-2H3,(H,31,35)(H2,26,28,29). The summed E-state index contributed by atoms with van der Waals surface area (Å²) in [7, 11) is 3.75. The number of aromatic nitrogens is 4. The van der Waals surface area contributed by atoms with Crippen molar-refractivity contribution in [3.05, 3.63) is 40.7 Å². The van der Waals surface area contributed by atoms with Crippen LogP contribution in [0.2, 0.25) is 5.02 Å². The van der Waals surface area contributed by atoms with E-state index in [0.29, 0.717) is 47.5 Å². The van der Waals surface area contributed by atoms with Crippen molar-refractivity contribution in [2.45, 2.75) is 43.9 Å². The SMILES string of the molecule is CN(C)Cc1c(F)cc(Cl)c(N2CCC(N)(C(=O)NC3CC3)C2)c1Cn1cnc2c(N)ncnc21. The predicted molar refractivity (Wildman–Crippen MR) is 133 cm³/mol. The minimum Gasteiger partial charge on any atom is -0.382 e. The molecule has 10 nitrogen and oxygen atoms in total. The first-order chi connectivity index (χ1) is 16.7. The van der Waals surface area contributed by atoms with Crippen LogP contribution < -0.4 is 21.7 Å². The van der Waals surface area contributed by atoms with Gasteiger partial charge in [0.05, 0.1) is 23.6 Å². The van der Waals surface area contributed by atoms with E-state index in [1.54, 1.807) is 10.9 Å². The molecular weight excluding hydrogens is 473 g/mol. The molecule has 5 rings (SSSR count). The van der Waals surface area contributed by atoms with Crippen LogP contribution >= 0.6 is 11.6 Å². The summed E-state index contributed by atoms with van der Waals surface area (Å²) in [6.07, 6.45) is 5.43. The molecule has 1 aliphatic heterocycles. The Morgan fingerprint density at radius 1 is 1.31 bits per heavy atom. The summed E-state index contributed by atoms with van der Waals surface area (Å²) in [5.41, 5.74) is 14.4. The fourth-order valence-corrected chi connectivity index (χ4v) is 4.98. The van der Waals surface area contributed by atoms with E-state index in [1.165, 1.54) is 12.4 Å². The van der Waals surface area contributed by atoms with Gasteiger partial charge in [0.15, 0.2) is 11.5 Å². The van der Waals surface area contributed by atoms with Crippen LogP contribution in [-0.2, 0) is 17.9 Å². The number of benzene rings is 1. The molecule has 1 amide bonds. The number of carbonyl (C=O) groups is 1. The van der Waals surface area contributed by atoms with Gasteiger partial charge in [0.1, 0.15) is 23.2 Å². The molecule has 2 aromatic heterocycles. The van der Waals surface area contributed by atoms with Crippen LogP contribution in [-0.4, -0.2) is 69.1 Å². The monoisotopic (exact) mass is 501 g/mol. The van der Waals surface area contributed by atoms with Crippen LogP contribution in [0.4, 0.5) is 15.9 Å². The topological polar surface area (TPSA) is 131 Å². The van der Waals surface area contributed by atoms with Crippen molar-refractivity contribution in [3.8, 4) is 0 Å². The van der Waals surface area contributed by atoms with Gasteiger partial charge in [-0.1, -0.05) is 11.6 Å². The first-order valence-electron chi connectivity index (χ1n) is 11.6. The summed E-state index contributed by atoms with van der Waals surface area (Å²) in [5, 5.41) is 3.29. The smallest absolute Gasteiger partial charge is 0.242 e. The lowest BCUT2D eigenvalue weighted by atomic mass is 9.98. The van der Waals surface area contributed by atoms with Crippen molar-refractivity contribution < 1.29 is 9.18 Å². The molecule has 0 radical (unpaired) electrons. The number of nitrogens with two attached hydrogens (primary N) is 2. The Morgan fingerprint density at radius 3 is 2.80 bits per heavy atom. The van der Waals surface area contributed by atoms with Crippen molar-refractivity contribution in [1.82, 2.24) is 29.7 Å². The van der Waals surface area contributed by atoms with Gasteiger partial charge in [0, 0.05) is 36.8 Å². The molecule has 5 N–H and O–H groups in total. The Labute approximate surface area is 207 Å². The second kappa shape index (κ2) is 8.89. The number of hydrogen-bond donors (Lipinski definition) is 3. The number of imidazole rings is 1. The number of fused-ring (bicyclic) bond motifs is 1. The van der Waals surface area contributed by atoms with Gasteiger partial charge >= 0.3 is 0 Å². The Morgan fingerprint density at radius 2 is 2.09 bits per heavy atom. The highest BCUT2D eigenvalue weighted by molar-refractivity contribution is 6.33. The number of anilines is 2. The first kappa shape index (κ1) is 23.7. The number of nitrogen functional groups attached to an aromatic ring is 1. The molecule has 1 aromatic carbocycles. The second-order valence-corrected chi connectivity index (χ2v) is 10.2. The summed E-state index contributed by atoms with van der Waals surface area (Å²) in [5.74, 6) is -0.275. The fourth-order valence-electron chi connectivity index (χ4n) is 4.65. The van der Waals surface area contributed by atoms with Crippen molar-refractivity contribution in [2.75, 3.05) is 37.8 Å². The Balaban J connectivity index is 1.56. The first-order valence-corrected chi connectivity index (χ1v) is 11.9. The highest BCUT2D eigenvalue weighted by Crippen LogP contribution is 2.39. The lowest BCUT2D eigenvalue weighted by molar-refractivity contribution is -0.125. The van der Waals surface area contributed by atoms with Crippen LogP contribution in [0.15, 0.2) is 18.7 Å². The third-order valence-electron chi connectivity index (χ3n) is 6.63. The number of amides is 1. The van der Waals surface area contributed by atoms with Gasteiger partial charge in [-0.25, -0.2) is 19.3 Å². The minimum absolute atomic E-state index is 0.149. The lowest BCUT2D eigenvalue weighted by Gasteiger charge is -2.29. The summed E-state index contributed by atoms with van der Waals surface area (Å²) < 4.78 is 17.1. The van der Waals surface area contributed by atoms with Gasteiger partial charge in [-0.15, -0.1) is 0 Å². The maximum Gasteiger partial charge on any atom is 0.242 e. The molecule has 1 atom stereocenters. The van der Waals surface area contributed by atoms with Crippen molar-refractivity contribution >= 4 is 40.2 Å². The molecule has 12 heteroatoms. The Bertz CT molecular complexity index is 1290. The Kier molecular flexibility index (Phi) is 6.02. The van der Waals surface area contributed by atoms with Crippen LogP contribution in [0.1, 0.15) is 30.4 Å². The van der Waals surface area contributed by atoms with Crippen LogP contribution in [0.5, 0.6) is 0 Å². The number of carbonyl (C=O) groups excluding carboxylic acids is 1. The maximum absolute atomic E-state index is 15.3. The summed E-state index contributed by atoms with van der Waals surface area (Å²) in [6.45, 7) is 1.42. The number of hydrogen-bond acceptors (Lipinski definition) is 8. The molecule has 1 saturated carbocycles. The minimum atomic E-state index is -1.04. The molecule has 0 bridgehead atoms. The van der Waals surface area contributed by atoms with E-state index < -0.39 is 11.4 Å². The molecule has 0 spiro atoms. The summed E-state index contributed by atoms with van der Waals surface area (Å²) in [6, 6.07) is 1.56. The van der Waals surface area contributed by atoms with Crippen molar-refractivity contribution in [1.29, 1.82) is 0 Å². The highest BCUT2D eigenvalue weighted by atomic mass is 35.5. The molecule has 1 saturated heterocycles.